The number of carbonyl (C=O) groups is 1. The topological polar surface area (TPSA) is 116 Å². The van der Waals surface area contributed by atoms with Gasteiger partial charge in [-0.2, -0.15) is 0 Å². The molecule has 0 aliphatic heterocycles. The summed E-state index contributed by atoms with van der Waals surface area (Å²) in [5, 5.41) is 2.59. The second-order valence-corrected chi connectivity index (χ2v) is 7.85. The van der Waals surface area contributed by atoms with Crippen LogP contribution in [0, 0.1) is 17.5 Å². The van der Waals surface area contributed by atoms with Gasteiger partial charge >= 0.3 is 0 Å². The lowest BCUT2D eigenvalue weighted by atomic mass is 9.93. The molecular weight excluding hydrogens is 471 g/mol. The molecule has 1 fully saturated rings. The highest BCUT2D eigenvalue weighted by Gasteiger charge is 2.24. The number of halogens is 4. The third-order valence-electron chi connectivity index (χ3n) is 5.41. The number of benzene rings is 1. The molecule has 11 heteroatoms. The monoisotopic (exact) mass is 493 g/mol. The normalized spacial score (nSPS) is 17.5. The van der Waals surface area contributed by atoms with Gasteiger partial charge in [0, 0.05) is 24.4 Å². The van der Waals surface area contributed by atoms with Crippen molar-refractivity contribution >= 4 is 29.7 Å². The highest BCUT2D eigenvalue weighted by Crippen LogP contribution is 2.31. The lowest BCUT2D eigenvalue weighted by molar-refractivity contribution is 0.102. The molecule has 2 aromatic heterocycles. The predicted molar refractivity (Wildman–Crippen MR) is 124 cm³/mol. The highest BCUT2D eigenvalue weighted by molar-refractivity contribution is 6.07. The standard InChI is InChI=1S/C23H22F3N5O2.ClH/c24-14-5-2-6-15(25)20(14)21-16(26)10-17(28)22(31-21)23(32)30-18-11-29-8-7-19(18)33-13-4-1-3-12(27)9-13;/h2,5-8,10-13H,1,3-4,9,27-28H2,(H,30,32);1H. The minimum Gasteiger partial charge on any atom is -0.488 e. The number of anilines is 2. The molecule has 2 unspecified atom stereocenters. The first-order valence-electron chi connectivity index (χ1n) is 10.4. The maximum atomic E-state index is 14.5. The summed E-state index contributed by atoms with van der Waals surface area (Å²) in [6, 6.07) is 5.51. The Labute approximate surface area is 200 Å². The molecule has 180 valence electrons. The van der Waals surface area contributed by atoms with Gasteiger partial charge in [-0.05, 0) is 37.8 Å². The zero-order valence-electron chi connectivity index (χ0n) is 17.9. The van der Waals surface area contributed by atoms with E-state index in [-0.39, 0.29) is 35.9 Å². The van der Waals surface area contributed by atoms with E-state index in [9.17, 15) is 18.0 Å². The van der Waals surface area contributed by atoms with Crippen molar-refractivity contribution in [2.75, 3.05) is 11.1 Å². The number of ether oxygens (including phenoxy) is 1. The Kier molecular flexibility index (Phi) is 7.95. The molecular formula is C23H23ClF3N5O2. The number of amides is 1. The molecule has 1 aromatic carbocycles. The molecule has 1 amide bonds. The molecule has 2 heterocycles. The summed E-state index contributed by atoms with van der Waals surface area (Å²) in [4.78, 5) is 20.8. The van der Waals surface area contributed by atoms with Gasteiger partial charge in [0.25, 0.3) is 5.91 Å². The lowest BCUT2D eigenvalue weighted by Crippen LogP contribution is -2.33. The van der Waals surface area contributed by atoms with E-state index in [4.69, 9.17) is 16.2 Å². The fourth-order valence-corrected chi connectivity index (χ4v) is 3.81. The predicted octanol–water partition coefficient (Wildman–Crippen LogP) is 4.47. The first kappa shape index (κ1) is 25.3. The van der Waals surface area contributed by atoms with Crippen LogP contribution >= 0.6 is 12.4 Å². The minimum absolute atomic E-state index is 0. The van der Waals surface area contributed by atoms with Crippen LogP contribution in [0.25, 0.3) is 11.3 Å². The number of aromatic nitrogens is 2. The van der Waals surface area contributed by atoms with Gasteiger partial charge in [-0.1, -0.05) is 6.07 Å². The smallest absolute Gasteiger partial charge is 0.276 e. The average molecular weight is 494 g/mol. The van der Waals surface area contributed by atoms with E-state index in [0.717, 1.165) is 43.5 Å². The molecule has 2 atom stereocenters. The minimum atomic E-state index is -1.06. The Morgan fingerprint density at radius 1 is 1.12 bits per heavy atom. The van der Waals surface area contributed by atoms with E-state index in [0.29, 0.717) is 12.2 Å². The quantitative estimate of drug-likeness (QED) is 0.483. The molecule has 5 N–H and O–H groups in total. The fourth-order valence-electron chi connectivity index (χ4n) is 3.81. The fraction of sp³-hybridized carbons (Fsp3) is 0.261. The van der Waals surface area contributed by atoms with Crippen LogP contribution in [0.4, 0.5) is 24.5 Å². The van der Waals surface area contributed by atoms with Gasteiger partial charge in [0.05, 0.1) is 17.4 Å². The second-order valence-electron chi connectivity index (χ2n) is 7.85. The Hall–Kier alpha value is -3.37. The molecule has 1 saturated carbocycles. The van der Waals surface area contributed by atoms with Gasteiger partial charge in [0.1, 0.15) is 34.9 Å². The van der Waals surface area contributed by atoms with Crippen LogP contribution in [0.15, 0.2) is 42.7 Å². The lowest BCUT2D eigenvalue weighted by Gasteiger charge is -2.28. The van der Waals surface area contributed by atoms with Crippen molar-refractivity contribution in [2.45, 2.75) is 37.8 Å². The molecule has 0 saturated heterocycles. The van der Waals surface area contributed by atoms with Crippen molar-refractivity contribution < 1.29 is 22.7 Å². The average Bonchev–Trinajstić information content (AvgIpc) is 2.76. The maximum Gasteiger partial charge on any atom is 0.276 e. The summed E-state index contributed by atoms with van der Waals surface area (Å²) >= 11 is 0. The van der Waals surface area contributed by atoms with Crippen molar-refractivity contribution in [3.63, 3.8) is 0 Å². The van der Waals surface area contributed by atoms with Gasteiger partial charge in [-0.3, -0.25) is 9.78 Å². The Bertz CT molecular complexity index is 1180. The van der Waals surface area contributed by atoms with Gasteiger partial charge in [-0.25, -0.2) is 18.2 Å². The van der Waals surface area contributed by atoms with Crippen LogP contribution in [0.1, 0.15) is 36.2 Å². The summed E-state index contributed by atoms with van der Waals surface area (Å²) in [5.41, 5.74) is 10.00. The number of hydrogen-bond donors (Lipinski definition) is 3. The van der Waals surface area contributed by atoms with E-state index in [1.807, 2.05) is 0 Å². The summed E-state index contributed by atoms with van der Waals surface area (Å²) < 4.78 is 48.9. The van der Waals surface area contributed by atoms with Crippen molar-refractivity contribution in [2.24, 2.45) is 5.73 Å². The van der Waals surface area contributed by atoms with E-state index in [1.54, 1.807) is 6.07 Å². The number of nitrogen functional groups attached to an aromatic ring is 1. The number of carbonyl (C=O) groups excluding carboxylic acids is 1. The first-order chi connectivity index (χ1) is 15.8. The van der Waals surface area contributed by atoms with E-state index < -0.39 is 40.3 Å². The first-order valence-corrected chi connectivity index (χ1v) is 10.4. The number of hydrogen-bond acceptors (Lipinski definition) is 6. The van der Waals surface area contributed by atoms with Crippen LogP contribution in [0.2, 0.25) is 0 Å². The number of nitrogens with zero attached hydrogens (tertiary/aromatic N) is 2. The number of rotatable bonds is 5. The summed E-state index contributed by atoms with van der Waals surface area (Å²) in [6.45, 7) is 0. The maximum absolute atomic E-state index is 14.5. The molecule has 7 nitrogen and oxygen atoms in total. The van der Waals surface area contributed by atoms with Crippen LogP contribution in [-0.2, 0) is 0 Å². The Morgan fingerprint density at radius 2 is 1.85 bits per heavy atom. The summed E-state index contributed by atoms with van der Waals surface area (Å²) in [5.74, 6) is -3.55. The number of nitrogens with one attached hydrogen (secondary N) is 1. The van der Waals surface area contributed by atoms with Crippen molar-refractivity contribution in [1.82, 2.24) is 9.97 Å². The molecule has 0 bridgehead atoms. The molecule has 4 rings (SSSR count). The molecule has 1 aliphatic carbocycles. The van der Waals surface area contributed by atoms with Gasteiger partial charge in [0.15, 0.2) is 11.5 Å². The zero-order chi connectivity index (χ0) is 23.5. The Morgan fingerprint density at radius 3 is 2.56 bits per heavy atom. The Balaban J connectivity index is 0.00000324. The third-order valence-corrected chi connectivity index (χ3v) is 5.41. The number of pyridine rings is 2. The van der Waals surface area contributed by atoms with E-state index in [2.05, 4.69) is 15.3 Å². The van der Waals surface area contributed by atoms with Gasteiger partial charge < -0.3 is 21.5 Å². The second kappa shape index (κ2) is 10.7. The molecule has 1 aliphatic rings. The SMILES string of the molecule is Cl.Nc1cc(F)c(-c2c(F)cccc2F)nc1C(=O)Nc1cnccc1OC1CCCC(N)C1. The molecule has 34 heavy (non-hydrogen) atoms. The van der Waals surface area contributed by atoms with Crippen LogP contribution in [0.5, 0.6) is 5.75 Å². The third kappa shape index (κ3) is 5.40. The molecule has 0 spiro atoms. The van der Waals surface area contributed by atoms with E-state index in [1.165, 1.54) is 12.4 Å². The highest BCUT2D eigenvalue weighted by atomic mass is 35.5. The summed E-state index contributed by atoms with van der Waals surface area (Å²) in [7, 11) is 0. The van der Waals surface area contributed by atoms with Crippen LogP contribution < -0.4 is 21.5 Å². The van der Waals surface area contributed by atoms with Crippen molar-refractivity contribution in [1.29, 1.82) is 0 Å². The zero-order valence-corrected chi connectivity index (χ0v) is 18.7. The molecule has 3 aromatic rings. The van der Waals surface area contributed by atoms with Gasteiger partial charge in [-0.15, -0.1) is 12.4 Å². The van der Waals surface area contributed by atoms with Gasteiger partial charge in [0.2, 0.25) is 0 Å². The largest absolute Gasteiger partial charge is 0.488 e. The van der Waals surface area contributed by atoms with E-state index >= 15 is 0 Å². The van der Waals surface area contributed by atoms with Crippen LogP contribution in [-0.4, -0.2) is 28.0 Å². The summed E-state index contributed by atoms with van der Waals surface area (Å²) in [6.07, 6.45) is 6.15. The number of nitrogens with two attached hydrogens (primary N) is 2. The van der Waals surface area contributed by atoms with Crippen molar-refractivity contribution in [3.05, 3.63) is 65.9 Å². The van der Waals surface area contributed by atoms with Crippen LogP contribution in [0.3, 0.4) is 0 Å². The molecule has 0 radical (unpaired) electrons. The van der Waals surface area contributed by atoms with Crippen molar-refractivity contribution in [3.8, 4) is 17.0 Å².